The first kappa shape index (κ1) is 12.6. The molecule has 1 amide bonds. The van der Waals surface area contributed by atoms with Crippen LogP contribution in [-0.4, -0.2) is 10.9 Å². The molecule has 92 valence electrons. The molecule has 1 aromatic heterocycles. The first-order valence-electron chi connectivity index (χ1n) is 5.60. The standard InChI is InChI=1S/C14H13ClN2O/c1-10-4-5-12(13(15)7-10)14(18)17-9-11-3-2-6-16-8-11/h2-8H,9H2,1H3,(H,17,18). The fraction of sp³-hybridized carbons (Fsp3) is 0.143. The molecule has 2 rings (SSSR count). The predicted octanol–water partition coefficient (Wildman–Crippen LogP) is 2.97. The van der Waals surface area contributed by atoms with E-state index in [4.69, 9.17) is 11.6 Å². The zero-order valence-corrected chi connectivity index (χ0v) is 10.7. The summed E-state index contributed by atoms with van der Waals surface area (Å²) in [4.78, 5) is 15.9. The summed E-state index contributed by atoms with van der Waals surface area (Å²) < 4.78 is 0. The number of pyridine rings is 1. The van der Waals surface area contributed by atoms with E-state index in [1.165, 1.54) is 0 Å². The molecule has 0 saturated carbocycles. The molecule has 0 fully saturated rings. The lowest BCUT2D eigenvalue weighted by atomic mass is 10.1. The highest BCUT2D eigenvalue weighted by Crippen LogP contribution is 2.17. The van der Waals surface area contributed by atoms with Crippen molar-refractivity contribution in [3.8, 4) is 0 Å². The molecule has 1 heterocycles. The van der Waals surface area contributed by atoms with E-state index < -0.39 is 0 Å². The summed E-state index contributed by atoms with van der Waals surface area (Å²) in [5, 5.41) is 3.28. The monoisotopic (exact) mass is 260 g/mol. The van der Waals surface area contributed by atoms with Crippen molar-refractivity contribution in [2.75, 3.05) is 0 Å². The molecule has 0 saturated heterocycles. The van der Waals surface area contributed by atoms with E-state index >= 15 is 0 Å². The summed E-state index contributed by atoms with van der Waals surface area (Å²) in [6.45, 7) is 2.38. The van der Waals surface area contributed by atoms with Gasteiger partial charge in [-0.15, -0.1) is 0 Å². The number of nitrogens with one attached hydrogen (secondary N) is 1. The molecule has 0 atom stereocenters. The fourth-order valence-corrected chi connectivity index (χ4v) is 1.91. The van der Waals surface area contributed by atoms with Crippen molar-refractivity contribution in [1.82, 2.24) is 10.3 Å². The molecule has 0 aliphatic rings. The molecule has 0 unspecified atom stereocenters. The van der Waals surface area contributed by atoms with E-state index in [1.54, 1.807) is 24.5 Å². The smallest absolute Gasteiger partial charge is 0.253 e. The van der Waals surface area contributed by atoms with Crippen LogP contribution in [0, 0.1) is 6.92 Å². The maximum atomic E-state index is 11.9. The van der Waals surface area contributed by atoms with Gasteiger partial charge in [0.2, 0.25) is 0 Å². The van der Waals surface area contributed by atoms with E-state index in [1.807, 2.05) is 25.1 Å². The first-order chi connectivity index (χ1) is 8.66. The number of carbonyl (C=O) groups is 1. The van der Waals surface area contributed by atoms with Crippen molar-refractivity contribution in [3.05, 3.63) is 64.4 Å². The molecule has 3 nitrogen and oxygen atoms in total. The van der Waals surface area contributed by atoms with Gasteiger partial charge in [-0.1, -0.05) is 23.7 Å². The normalized spacial score (nSPS) is 10.1. The number of aromatic nitrogens is 1. The van der Waals surface area contributed by atoms with E-state index in [2.05, 4.69) is 10.3 Å². The van der Waals surface area contributed by atoms with Gasteiger partial charge in [0.05, 0.1) is 10.6 Å². The lowest BCUT2D eigenvalue weighted by molar-refractivity contribution is 0.0951. The van der Waals surface area contributed by atoms with E-state index in [0.717, 1.165) is 11.1 Å². The maximum Gasteiger partial charge on any atom is 0.253 e. The van der Waals surface area contributed by atoms with Crippen LogP contribution in [0.1, 0.15) is 21.5 Å². The minimum Gasteiger partial charge on any atom is -0.348 e. The minimum atomic E-state index is -0.177. The number of nitrogens with zero attached hydrogens (tertiary/aromatic N) is 1. The van der Waals surface area contributed by atoms with Gasteiger partial charge >= 0.3 is 0 Å². The molecule has 0 spiro atoms. The van der Waals surface area contributed by atoms with Crippen molar-refractivity contribution in [2.24, 2.45) is 0 Å². The quantitative estimate of drug-likeness (QED) is 0.922. The summed E-state index contributed by atoms with van der Waals surface area (Å²) in [7, 11) is 0. The highest BCUT2D eigenvalue weighted by molar-refractivity contribution is 6.33. The SMILES string of the molecule is Cc1ccc(C(=O)NCc2cccnc2)c(Cl)c1. The molecule has 18 heavy (non-hydrogen) atoms. The Bertz CT molecular complexity index is 555. The second kappa shape index (κ2) is 5.65. The van der Waals surface area contributed by atoms with Crippen LogP contribution >= 0.6 is 11.6 Å². The molecule has 0 aliphatic carbocycles. The Morgan fingerprint density at radius 1 is 1.39 bits per heavy atom. The molecule has 1 aromatic carbocycles. The largest absolute Gasteiger partial charge is 0.348 e. The zero-order chi connectivity index (χ0) is 13.0. The molecular weight excluding hydrogens is 248 g/mol. The van der Waals surface area contributed by atoms with Crippen molar-refractivity contribution < 1.29 is 4.79 Å². The number of aryl methyl sites for hydroxylation is 1. The van der Waals surface area contributed by atoms with E-state index in [0.29, 0.717) is 17.1 Å². The molecular formula is C14H13ClN2O. The van der Waals surface area contributed by atoms with Gasteiger partial charge in [-0.2, -0.15) is 0 Å². The molecule has 2 aromatic rings. The van der Waals surface area contributed by atoms with Crippen molar-refractivity contribution in [3.63, 3.8) is 0 Å². The van der Waals surface area contributed by atoms with Crippen LogP contribution in [0.2, 0.25) is 5.02 Å². The predicted molar refractivity (Wildman–Crippen MR) is 71.6 cm³/mol. The van der Waals surface area contributed by atoms with Gasteiger partial charge in [0, 0.05) is 18.9 Å². The van der Waals surface area contributed by atoms with Gasteiger partial charge in [0.25, 0.3) is 5.91 Å². The van der Waals surface area contributed by atoms with Gasteiger partial charge < -0.3 is 5.32 Å². The Kier molecular flexibility index (Phi) is 3.95. The third-order valence-corrected chi connectivity index (χ3v) is 2.86. The first-order valence-corrected chi connectivity index (χ1v) is 5.98. The van der Waals surface area contributed by atoms with Crippen LogP contribution in [0.5, 0.6) is 0 Å². The van der Waals surface area contributed by atoms with Gasteiger partial charge in [0.15, 0.2) is 0 Å². The second-order valence-corrected chi connectivity index (χ2v) is 4.43. The van der Waals surface area contributed by atoms with Crippen LogP contribution in [0.4, 0.5) is 0 Å². The molecule has 0 bridgehead atoms. The third kappa shape index (κ3) is 3.08. The van der Waals surface area contributed by atoms with Crippen LogP contribution < -0.4 is 5.32 Å². The fourth-order valence-electron chi connectivity index (χ4n) is 1.58. The summed E-state index contributed by atoms with van der Waals surface area (Å²) in [6, 6.07) is 9.12. The average Bonchev–Trinajstić information content (AvgIpc) is 2.37. The van der Waals surface area contributed by atoms with Gasteiger partial charge in [0.1, 0.15) is 0 Å². The number of benzene rings is 1. The van der Waals surface area contributed by atoms with Crippen molar-refractivity contribution in [2.45, 2.75) is 13.5 Å². The lowest BCUT2D eigenvalue weighted by Gasteiger charge is -2.07. The highest BCUT2D eigenvalue weighted by atomic mass is 35.5. The Morgan fingerprint density at radius 3 is 2.89 bits per heavy atom. The molecule has 4 heteroatoms. The third-order valence-electron chi connectivity index (χ3n) is 2.55. The van der Waals surface area contributed by atoms with Crippen LogP contribution in [0.15, 0.2) is 42.7 Å². The number of hydrogen-bond donors (Lipinski definition) is 1. The number of halogens is 1. The Hall–Kier alpha value is -1.87. The Balaban J connectivity index is 2.04. The second-order valence-electron chi connectivity index (χ2n) is 4.03. The summed E-state index contributed by atoms with van der Waals surface area (Å²) in [5.74, 6) is -0.177. The maximum absolute atomic E-state index is 11.9. The number of hydrogen-bond acceptors (Lipinski definition) is 2. The van der Waals surface area contributed by atoms with Gasteiger partial charge in [-0.05, 0) is 36.2 Å². The number of carbonyl (C=O) groups excluding carboxylic acids is 1. The van der Waals surface area contributed by atoms with Crippen LogP contribution in [0.3, 0.4) is 0 Å². The summed E-state index contributed by atoms with van der Waals surface area (Å²) in [6.07, 6.45) is 3.42. The molecule has 0 radical (unpaired) electrons. The van der Waals surface area contributed by atoms with Gasteiger partial charge in [-0.25, -0.2) is 0 Å². The summed E-state index contributed by atoms with van der Waals surface area (Å²) >= 11 is 6.03. The minimum absolute atomic E-state index is 0.177. The lowest BCUT2D eigenvalue weighted by Crippen LogP contribution is -2.23. The topological polar surface area (TPSA) is 42.0 Å². The average molecular weight is 261 g/mol. The van der Waals surface area contributed by atoms with E-state index in [-0.39, 0.29) is 5.91 Å². The van der Waals surface area contributed by atoms with Crippen LogP contribution in [0.25, 0.3) is 0 Å². The van der Waals surface area contributed by atoms with Crippen molar-refractivity contribution >= 4 is 17.5 Å². The Labute approximate surface area is 111 Å². The summed E-state index contributed by atoms with van der Waals surface area (Å²) in [5.41, 5.74) is 2.48. The number of rotatable bonds is 3. The highest BCUT2D eigenvalue weighted by Gasteiger charge is 2.09. The van der Waals surface area contributed by atoms with E-state index in [9.17, 15) is 4.79 Å². The number of amides is 1. The van der Waals surface area contributed by atoms with Gasteiger partial charge in [-0.3, -0.25) is 9.78 Å². The van der Waals surface area contributed by atoms with Crippen LogP contribution in [-0.2, 0) is 6.54 Å². The molecule has 0 aliphatic heterocycles. The zero-order valence-electron chi connectivity index (χ0n) is 9.98. The Morgan fingerprint density at radius 2 is 2.22 bits per heavy atom. The molecule has 1 N–H and O–H groups in total. The van der Waals surface area contributed by atoms with Crippen molar-refractivity contribution in [1.29, 1.82) is 0 Å².